The molecule has 0 bridgehead atoms. The van der Waals surface area contributed by atoms with Gasteiger partial charge in [0.25, 0.3) is 0 Å². The molecule has 0 N–H and O–H groups in total. The maximum atomic E-state index is 10.8. The van der Waals surface area contributed by atoms with Crippen molar-refractivity contribution in [3.63, 3.8) is 0 Å². The Balaban J connectivity index is 2.61. The first-order chi connectivity index (χ1) is 11.1. The fraction of sp³-hybridized carbons (Fsp3) is 0.650. The van der Waals surface area contributed by atoms with E-state index in [0.29, 0.717) is 19.6 Å². The molecule has 0 unspecified atom stereocenters. The maximum absolute atomic E-state index is 10.8. The number of rotatable bonds is 10. The van der Waals surface area contributed by atoms with E-state index in [1.54, 1.807) is 0 Å². The normalized spacial score (nSPS) is 15.1. The van der Waals surface area contributed by atoms with Gasteiger partial charge in [-0.25, -0.2) is 0 Å². The van der Waals surface area contributed by atoms with Gasteiger partial charge in [0.15, 0.2) is 8.32 Å². The Kier molecular flexibility index (Phi) is 7.84. The van der Waals surface area contributed by atoms with Gasteiger partial charge in [-0.2, -0.15) is 0 Å². The molecule has 4 heteroatoms. The van der Waals surface area contributed by atoms with Crippen LogP contribution < -0.4 is 0 Å². The molecule has 0 radical (unpaired) electrons. The van der Waals surface area contributed by atoms with Crippen molar-refractivity contribution in [1.82, 2.24) is 0 Å². The Hall–Kier alpha value is -0.973. The van der Waals surface area contributed by atoms with Gasteiger partial charge < -0.3 is 14.0 Å². The van der Waals surface area contributed by atoms with Crippen LogP contribution in [-0.2, 0) is 20.6 Å². The van der Waals surface area contributed by atoms with E-state index in [2.05, 4.69) is 52.9 Å². The molecule has 3 nitrogen and oxygen atoms in total. The minimum Gasteiger partial charge on any atom is -0.417 e. The van der Waals surface area contributed by atoms with Gasteiger partial charge in [0.2, 0.25) is 0 Å². The summed E-state index contributed by atoms with van der Waals surface area (Å²) in [4.78, 5) is 10.8. The number of hydrogen-bond acceptors (Lipinski definition) is 3. The Labute approximate surface area is 148 Å². The van der Waals surface area contributed by atoms with Gasteiger partial charge in [-0.3, -0.25) is 0 Å². The second-order valence-corrected chi connectivity index (χ2v) is 13.1. The third-order valence-corrected chi connectivity index (χ3v) is 9.66. The number of ether oxygens (including phenoxy) is 1. The second kappa shape index (κ2) is 8.93. The minimum atomic E-state index is -1.75. The summed E-state index contributed by atoms with van der Waals surface area (Å²) in [6.07, 6.45) is 3.02. The standard InChI is InChI=1S/C20H34O3Si/c1-19(2,3)24(5,6)23-16-14-20(4,13-10-15-21)22-17-18-11-8-7-9-12-18/h7-9,11-12,15H,10,13-14,16-17H2,1-6H3/t20-/m0/s1. The zero-order chi connectivity index (χ0) is 18.3. The van der Waals surface area contributed by atoms with Crippen LogP contribution in [0.15, 0.2) is 30.3 Å². The van der Waals surface area contributed by atoms with Gasteiger partial charge in [0.05, 0.1) is 12.2 Å². The largest absolute Gasteiger partial charge is 0.417 e. The fourth-order valence-electron chi connectivity index (χ4n) is 2.20. The minimum absolute atomic E-state index is 0.205. The first-order valence-corrected chi connectivity index (χ1v) is 11.8. The highest BCUT2D eigenvalue weighted by molar-refractivity contribution is 6.74. The molecule has 0 heterocycles. The molecule has 0 spiro atoms. The monoisotopic (exact) mass is 350 g/mol. The molecule has 136 valence electrons. The van der Waals surface area contributed by atoms with Crippen LogP contribution in [0.2, 0.25) is 18.1 Å². The lowest BCUT2D eigenvalue weighted by Crippen LogP contribution is -2.42. The van der Waals surface area contributed by atoms with Crippen molar-refractivity contribution >= 4 is 14.6 Å². The Bertz CT molecular complexity index is 493. The van der Waals surface area contributed by atoms with Crippen LogP contribution in [0.1, 0.15) is 52.5 Å². The topological polar surface area (TPSA) is 35.5 Å². The maximum Gasteiger partial charge on any atom is 0.191 e. The molecule has 0 amide bonds. The first kappa shape index (κ1) is 21.1. The molecule has 1 rings (SSSR count). The van der Waals surface area contributed by atoms with Crippen LogP contribution in [0.3, 0.4) is 0 Å². The molecule has 1 atom stereocenters. The SMILES string of the molecule is CC(C)(C)[Si](C)(C)OCC[C@](C)(CCC=O)OCc1ccccc1. The highest BCUT2D eigenvalue weighted by Crippen LogP contribution is 2.37. The van der Waals surface area contributed by atoms with E-state index < -0.39 is 8.32 Å². The number of carbonyl (C=O) groups is 1. The van der Waals surface area contributed by atoms with E-state index >= 15 is 0 Å². The molecule has 0 saturated carbocycles. The fourth-order valence-corrected chi connectivity index (χ4v) is 3.25. The van der Waals surface area contributed by atoms with Crippen LogP contribution in [0.4, 0.5) is 0 Å². The average molecular weight is 351 g/mol. The van der Waals surface area contributed by atoms with Gasteiger partial charge in [-0.05, 0) is 43.5 Å². The molecule has 24 heavy (non-hydrogen) atoms. The Morgan fingerprint density at radius 2 is 1.67 bits per heavy atom. The summed E-state index contributed by atoms with van der Waals surface area (Å²) in [5, 5.41) is 0.205. The molecule has 0 aromatic heterocycles. The van der Waals surface area contributed by atoms with E-state index in [1.807, 2.05) is 18.2 Å². The van der Waals surface area contributed by atoms with Crippen molar-refractivity contribution in [2.75, 3.05) is 6.61 Å². The highest BCUT2D eigenvalue weighted by Gasteiger charge is 2.37. The molecule has 0 aliphatic carbocycles. The molecule has 0 aliphatic rings. The smallest absolute Gasteiger partial charge is 0.191 e. The number of aldehydes is 1. The second-order valence-electron chi connectivity index (χ2n) is 8.29. The lowest BCUT2D eigenvalue weighted by atomic mass is 9.96. The molecule has 1 aromatic carbocycles. The van der Waals surface area contributed by atoms with Crippen LogP contribution >= 0.6 is 0 Å². The molecule has 0 saturated heterocycles. The van der Waals surface area contributed by atoms with Gasteiger partial charge in [-0.1, -0.05) is 51.1 Å². The van der Waals surface area contributed by atoms with E-state index in [1.165, 1.54) is 0 Å². The van der Waals surface area contributed by atoms with Crippen LogP contribution in [-0.4, -0.2) is 26.8 Å². The number of benzene rings is 1. The van der Waals surface area contributed by atoms with Crippen molar-refractivity contribution in [3.8, 4) is 0 Å². The van der Waals surface area contributed by atoms with E-state index in [9.17, 15) is 4.79 Å². The van der Waals surface area contributed by atoms with Crippen molar-refractivity contribution in [1.29, 1.82) is 0 Å². The lowest BCUT2D eigenvalue weighted by molar-refractivity contribution is -0.110. The van der Waals surface area contributed by atoms with E-state index in [-0.39, 0.29) is 10.6 Å². The summed E-state index contributed by atoms with van der Waals surface area (Å²) in [5.74, 6) is 0. The quantitative estimate of drug-likeness (QED) is 0.421. The van der Waals surface area contributed by atoms with Gasteiger partial charge >= 0.3 is 0 Å². The lowest BCUT2D eigenvalue weighted by Gasteiger charge is -2.38. The Morgan fingerprint density at radius 1 is 1.04 bits per heavy atom. The third-order valence-electron chi connectivity index (χ3n) is 5.12. The molecular formula is C20H34O3Si. The molecule has 0 aliphatic heterocycles. The van der Waals surface area contributed by atoms with Crippen LogP contribution in [0.5, 0.6) is 0 Å². The van der Waals surface area contributed by atoms with Crippen LogP contribution in [0.25, 0.3) is 0 Å². The molecular weight excluding hydrogens is 316 g/mol. The zero-order valence-corrected chi connectivity index (χ0v) is 17.2. The summed E-state index contributed by atoms with van der Waals surface area (Å²) in [6.45, 7) is 14.6. The van der Waals surface area contributed by atoms with Crippen molar-refractivity contribution in [2.24, 2.45) is 0 Å². The first-order valence-electron chi connectivity index (χ1n) is 8.85. The molecule has 0 fully saturated rings. The Morgan fingerprint density at radius 3 is 2.21 bits per heavy atom. The summed E-state index contributed by atoms with van der Waals surface area (Å²) in [7, 11) is -1.75. The predicted octanol–water partition coefficient (Wildman–Crippen LogP) is 5.35. The number of hydrogen-bond donors (Lipinski definition) is 0. The predicted molar refractivity (Wildman–Crippen MR) is 103 cm³/mol. The summed E-state index contributed by atoms with van der Waals surface area (Å²) in [6, 6.07) is 10.2. The third kappa shape index (κ3) is 6.87. The van der Waals surface area contributed by atoms with Crippen molar-refractivity contribution in [2.45, 2.75) is 77.3 Å². The van der Waals surface area contributed by atoms with Crippen LogP contribution in [0, 0.1) is 0 Å². The highest BCUT2D eigenvalue weighted by atomic mass is 28.4. The average Bonchev–Trinajstić information content (AvgIpc) is 2.51. The van der Waals surface area contributed by atoms with E-state index in [0.717, 1.165) is 24.7 Å². The summed E-state index contributed by atoms with van der Waals surface area (Å²) in [5.41, 5.74) is 0.819. The number of carbonyl (C=O) groups excluding carboxylic acids is 1. The van der Waals surface area contributed by atoms with E-state index in [4.69, 9.17) is 9.16 Å². The van der Waals surface area contributed by atoms with Gasteiger partial charge in [-0.15, -0.1) is 0 Å². The summed E-state index contributed by atoms with van der Waals surface area (Å²) < 4.78 is 12.5. The molecule has 1 aromatic rings. The van der Waals surface area contributed by atoms with Crippen molar-refractivity contribution in [3.05, 3.63) is 35.9 Å². The van der Waals surface area contributed by atoms with Crippen molar-refractivity contribution < 1.29 is 14.0 Å². The zero-order valence-electron chi connectivity index (χ0n) is 16.2. The summed E-state index contributed by atoms with van der Waals surface area (Å²) >= 11 is 0. The van der Waals surface area contributed by atoms with Gasteiger partial charge in [0.1, 0.15) is 6.29 Å². The van der Waals surface area contributed by atoms with Gasteiger partial charge in [0, 0.05) is 13.0 Å².